The molecule has 182 valence electrons. The van der Waals surface area contributed by atoms with Crippen LogP contribution in [0, 0.1) is 5.82 Å². The normalized spacial score (nSPS) is 11.7. The lowest BCUT2D eigenvalue weighted by molar-refractivity contribution is -0.113. The Balaban J connectivity index is 1.25. The molecule has 1 aliphatic heterocycles. The fraction of sp³-hybridized carbons (Fsp3) is 0.240. The van der Waals surface area contributed by atoms with Crippen LogP contribution in [0.1, 0.15) is 16.8 Å². The first-order valence-electron chi connectivity index (χ1n) is 11.0. The van der Waals surface area contributed by atoms with Gasteiger partial charge in [-0.15, -0.1) is 0 Å². The Morgan fingerprint density at radius 2 is 1.94 bits per heavy atom. The van der Waals surface area contributed by atoms with Crippen LogP contribution in [0.2, 0.25) is 0 Å². The Morgan fingerprint density at radius 1 is 1.11 bits per heavy atom. The second-order valence-electron chi connectivity index (χ2n) is 7.74. The predicted molar refractivity (Wildman–Crippen MR) is 133 cm³/mol. The smallest absolute Gasteiger partial charge is 0.254 e. The molecule has 0 radical (unpaired) electrons. The number of thioether (sulfide) groups is 1. The highest BCUT2D eigenvalue weighted by Crippen LogP contribution is 2.34. The molecule has 1 aromatic heterocycles. The molecule has 0 bridgehead atoms. The molecule has 0 unspecified atom stereocenters. The van der Waals surface area contributed by atoms with E-state index in [1.807, 2.05) is 11.9 Å². The number of aromatic nitrogens is 1. The number of rotatable bonds is 10. The first kappa shape index (κ1) is 24.3. The Hall–Kier alpha value is -3.79. The fourth-order valence-corrected chi connectivity index (χ4v) is 4.27. The third-order valence-corrected chi connectivity index (χ3v) is 6.24. The largest absolute Gasteiger partial charge is 0.454 e. The van der Waals surface area contributed by atoms with Gasteiger partial charge in [0.05, 0.1) is 17.0 Å². The summed E-state index contributed by atoms with van der Waals surface area (Å²) in [7, 11) is 1.81. The summed E-state index contributed by atoms with van der Waals surface area (Å²) < 4.78 is 24.5. The molecule has 0 saturated heterocycles. The molecule has 8 nitrogen and oxygen atoms in total. The molecular weight excluding hydrogens is 471 g/mol. The second kappa shape index (κ2) is 11.6. The minimum absolute atomic E-state index is 0.0825. The van der Waals surface area contributed by atoms with Crippen LogP contribution in [0.5, 0.6) is 11.5 Å². The summed E-state index contributed by atoms with van der Waals surface area (Å²) in [5.41, 5.74) is 1.51. The summed E-state index contributed by atoms with van der Waals surface area (Å²) in [5, 5.41) is 6.15. The molecule has 3 aromatic rings. The maximum atomic E-state index is 13.9. The number of para-hydroxylation sites is 1. The summed E-state index contributed by atoms with van der Waals surface area (Å²) in [6.07, 6.45) is 2.22. The van der Waals surface area contributed by atoms with Crippen molar-refractivity contribution in [3.63, 3.8) is 0 Å². The van der Waals surface area contributed by atoms with E-state index in [2.05, 4.69) is 15.6 Å². The first-order valence-corrected chi connectivity index (χ1v) is 12.0. The lowest BCUT2D eigenvalue weighted by Crippen LogP contribution is -2.29. The Kier molecular flexibility index (Phi) is 8.04. The molecule has 2 N–H and O–H groups in total. The van der Waals surface area contributed by atoms with E-state index in [9.17, 15) is 14.0 Å². The standard InChI is InChI=1S/C25H25FN4O4S/c1-30(20-8-3-2-7-19(20)26)13-5-12-27-24(32)18-6-4-11-28-25(18)35-15-23(31)29-17-9-10-21-22(14-17)34-16-33-21/h2-4,6-11,14H,5,12-13,15-16H2,1H3,(H,27,32)(H,29,31). The van der Waals surface area contributed by atoms with Crippen molar-refractivity contribution < 1.29 is 23.5 Å². The van der Waals surface area contributed by atoms with Gasteiger partial charge in [0.2, 0.25) is 12.7 Å². The van der Waals surface area contributed by atoms with Gasteiger partial charge in [0.1, 0.15) is 10.8 Å². The van der Waals surface area contributed by atoms with E-state index in [4.69, 9.17) is 9.47 Å². The van der Waals surface area contributed by atoms with Gasteiger partial charge < -0.3 is 25.0 Å². The first-order chi connectivity index (χ1) is 17.0. The van der Waals surface area contributed by atoms with Crippen molar-refractivity contribution in [2.24, 2.45) is 0 Å². The quantitative estimate of drug-likeness (QED) is 0.324. The number of nitrogens with one attached hydrogen (secondary N) is 2. The average molecular weight is 497 g/mol. The van der Waals surface area contributed by atoms with E-state index in [0.29, 0.717) is 53.0 Å². The van der Waals surface area contributed by atoms with Gasteiger partial charge in [0, 0.05) is 38.1 Å². The van der Waals surface area contributed by atoms with E-state index in [-0.39, 0.29) is 30.2 Å². The topological polar surface area (TPSA) is 92.8 Å². The molecule has 0 aliphatic carbocycles. The molecule has 2 amide bonds. The maximum absolute atomic E-state index is 13.9. The van der Waals surface area contributed by atoms with Gasteiger partial charge in [-0.05, 0) is 42.8 Å². The van der Waals surface area contributed by atoms with Gasteiger partial charge in [-0.2, -0.15) is 0 Å². The van der Waals surface area contributed by atoms with Crippen LogP contribution in [0.15, 0.2) is 65.8 Å². The van der Waals surface area contributed by atoms with Gasteiger partial charge in [0.25, 0.3) is 5.91 Å². The van der Waals surface area contributed by atoms with Crippen molar-refractivity contribution in [3.8, 4) is 11.5 Å². The summed E-state index contributed by atoms with van der Waals surface area (Å²) in [4.78, 5) is 31.2. The summed E-state index contributed by atoms with van der Waals surface area (Å²) >= 11 is 1.18. The van der Waals surface area contributed by atoms with E-state index in [1.165, 1.54) is 17.8 Å². The van der Waals surface area contributed by atoms with Crippen molar-refractivity contribution in [1.82, 2.24) is 10.3 Å². The van der Waals surface area contributed by atoms with Gasteiger partial charge in [0.15, 0.2) is 11.5 Å². The van der Waals surface area contributed by atoms with Crippen LogP contribution < -0.4 is 25.0 Å². The van der Waals surface area contributed by atoms with Crippen molar-refractivity contribution in [1.29, 1.82) is 0 Å². The second-order valence-corrected chi connectivity index (χ2v) is 8.71. The zero-order valence-corrected chi connectivity index (χ0v) is 19.9. The molecule has 2 aromatic carbocycles. The lowest BCUT2D eigenvalue weighted by atomic mass is 10.2. The van der Waals surface area contributed by atoms with Crippen LogP contribution in [0.4, 0.5) is 15.8 Å². The number of halogens is 1. The van der Waals surface area contributed by atoms with Crippen LogP contribution in [-0.2, 0) is 4.79 Å². The molecule has 4 rings (SSSR count). The van der Waals surface area contributed by atoms with Crippen LogP contribution >= 0.6 is 11.8 Å². The van der Waals surface area contributed by atoms with E-state index in [0.717, 1.165) is 0 Å². The molecule has 1 aliphatic rings. The summed E-state index contributed by atoms with van der Waals surface area (Å²) in [5.74, 6) is 0.518. The lowest BCUT2D eigenvalue weighted by Gasteiger charge is -2.19. The average Bonchev–Trinajstić information content (AvgIpc) is 3.33. The summed E-state index contributed by atoms with van der Waals surface area (Å²) in [6.45, 7) is 1.16. The van der Waals surface area contributed by atoms with E-state index in [1.54, 1.807) is 54.7 Å². The SMILES string of the molecule is CN(CCCNC(=O)c1cccnc1SCC(=O)Nc1ccc2c(c1)OCO2)c1ccccc1F. The third-order valence-electron chi connectivity index (χ3n) is 5.23. The number of nitrogens with zero attached hydrogens (tertiary/aromatic N) is 2. The minimum atomic E-state index is -0.279. The van der Waals surface area contributed by atoms with Crippen LogP contribution in [-0.4, -0.2) is 49.5 Å². The monoisotopic (exact) mass is 496 g/mol. The van der Waals surface area contributed by atoms with Crippen LogP contribution in [0.25, 0.3) is 0 Å². The highest BCUT2D eigenvalue weighted by molar-refractivity contribution is 8.00. The number of hydrogen-bond acceptors (Lipinski definition) is 7. The number of carbonyl (C=O) groups excluding carboxylic acids is 2. The Morgan fingerprint density at radius 3 is 2.80 bits per heavy atom. The number of carbonyl (C=O) groups is 2. The number of amides is 2. The van der Waals surface area contributed by atoms with Gasteiger partial charge in [-0.25, -0.2) is 9.37 Å². The highest BCUT2D eigenvalue weighted by Gasteiger charge is 2.16. The maximum Gasteiger partial charge on any atom is 0.254 e. The Labute approximate surface area is 206 Å². The number of benzene rings is 2. The molecule has 35 heavy (non-hydrogen) atoms. The Bertz CT molecular complexity index is 1210. The van der Waals surface area contributed by atoms with Crippen molar-refractivity contribution in [2.45, 2.75) is 11.4 Å². The number of fused-ring (bicyclic) bond motifs is 1. The van der Waals surface area contributed by atoms with E-state index < -0.39 is 0 Å². The number of ether oxygens (including phenoxy) is 2. The zero-order valence-electron chi connectivity index (χ0n) is 19.1. The zero-order chi connectivity index (χ0) is 24.6. The minimum Gasteiger partial charge on any atom is -0.454 e. The van der Waals surface area contributed by atoms with Crippen molar-refractivity contribution in [2.75, 3.05) is 42.9 Å². The third kappa shape index (κ3) is 6.42. The highest BCUT2D eigenvalue weighted by atomic mass is 32.2. The van der Waals surface area contributed by atoms with Gasteiger partial charge in [-0.1, -0.05) is 23.9 Å². The number of hydrogen-bond donors (Lipinski definition) is 2. The predicted octanol–water partition coefficient (Wildman–Crippen LogP) is 3.94. The van der Waals surface area contributed by atoms with Crippen molar-refractivity contribution >= 4 is 35.0 Å². The molecule has 10 heteroatoms. The van der Waals surface area contributed by atoms with Crippen molar-refractivity contribution in [3.05, 3.63) is 72.2 Å². The van der Waals surface area contributed by atoms with Gasteiger partial charge >= 0.3 is 0 Å². The molecule has 0 fully saturated rings. The van der Waals surface area contributed by atoms with Crippen LogP contribution in [0.3, 0.4) is 0 Å². The fourth-order valence-electron chi connectivity index (χ4n) is 3.48. The molecule has 0 atom stereocenters. The molecule has 2 heterocycles. The number of pyridine rings is 1. The number of anilines is 2. The molecule has 0 spiro atoms. The van der Waals surface area contributed by atoms with E-state index >= 15 is 0 Å². The molecule has 0 saturated carbocycles. The van der Waals surface area contributed by atoms with Gasteiger partial charge in [-0.3, -0.25) is 9.59 Å². The summed E-state index contributed by atoms with van der Waals surface area (Å²) in [6, 6.07) is 15.1. The molecular formula is C25H25FN4O4S.